The van der Waals surface area contributed by atoms with Crippen molar-refractivity contribution in [2.75, 3.05) is 20.8 Å². The van der Waals surface area contributed by atoms with Gasteiger partial charge in [-0.25, -0.2) is 13.1 Å². The van der Waals surface area contributed by atoms with Gasteiger partial charge in [0.2, 0.25) is 10.0 Å². The molecule has 0 aliphatic carbocycles. The second-order valence-electron chi connectivity index (χ2n) is 3.98. The summed E-state index contributed by atoms with van der Waals surface area (Å²) in [6, 6.07) is 4.16. The van der Waals surface area contributed by atoms with E-state index in [0.717, 1.165) is 0 Å². The van der Waals surface area contributed by atoms with Crippen molar-refractivity contribution < 1.29 is 17.9 Å². The minimum atomic E-state index is -3.61. The van der Waals surface area contributed by atoms with Gasteiger partial charge in [-0.3, -0.25) is 0 Å². The summed E-state index contributed by atoms with van der Waals surface area (Å²) < 4.78 is 37.0. The number of nitrogens with one attached hydrogen (secondary N) is 1. The van der Waals surface area contributed by atoms with Gasteiger partial charge in [0.1, 0.15) is 0 Å². The lowest BCUT2D eigenvalue weighted by molar-refractivity contribution is 0.354. The number of sulfonamides is 1. The van der Waals surface area contributed by atoms with E-state index in [1.165, 1.54) is 26.4 Å². The van der Waals surface area contributed by atoms with Gasteiger partial charge >= 0.3 is 0 Å². The molecule has 0 heterocycles. The van der Waals surface area contributed by atoms with E-state index in [-0.39, 0.29) is 17.5 Å². The molecule has 1 rings (SSSR count). The van der Waals surface area contributed by atoms with Crippen molar-refractivity contribution in [3.63, 3.8) is 0 Å². The number of methoxy groups -OCH3 is 2. The zero-order chi connectivity index (χ0) is 14.5. The average Bonchev–Trinajstić information content (AvgIpc) is 2.43. The van der Waals surface area contributed by atoms with Crippen molar-refractivity contribution in [1.82, 2.24) is 4.72 Å². The highest BCUT2D eigenvalue weighted by Gasteiger charge is 2.20. The summed E-state index contributed by atoms with van der Waals surface area (Å²) in [6.07, 6.45) is 0.628. The first-order valence-electron chi connectivity index (χ1n) is 5.92. The second-order valence-corrected chi connectivity index (χ2v) is 5.69. The first kappa shape index (κ1) is 15.7. The Morgan fingerprint density at radius 3 is 2.37 bits per heavy atom. The highest BCUT2D eigenvalue weighted by atomic mass is 32.2. The molecule has 19 heavy (non-hydrogen) atoms. The van der Waals surface area contributed by atoms with Crippen LogP contribution in [0.1, 0.15) is 13.3 Å². The molecule has 1 unspecified atom stereocenters. The lowest BCUT2D eigenvalue weighted by Crippen LogP contribution is -2.39. The SMILES string of the molecule is CCC(CN)NS(=O)(=O)c1ccc(OC)c(OC)c1. The summed E-state index contributed by atoms with van der Waals surface area (Å²) in [7, 11) is -0.660. The van der Waals surface area contributed by atoms with E-state index in [1.54, 1.807) is 6.07 Å². The van der Waals surface area contributed by atoms with Gasteiger partial charge in [0.15, 0.2) is 11.5 Å². The molecule has 0 saturated carbocycles. The van der Waals surface area contributed by atoms with Crippen molar-refractivity contribution in [3.8, 4) is 11.5 Å². The Labute approximate surface area is 113 Å². The topological polar surface area (TPSA) is 90.7 Å². The fourth-order valence-electron chi connectivity index (χ4n) is 1.57. The molecule has 0 aromatic heterocycles. The molecule has 1 atom stereocenters. The van der Waals surface area contributed by atoms with Gasteiger partial charge in [-0.1, -0.05) is 6.92 Å². The maximum absolute atomic E-state index is 12.2. The van der Waals surface area contributed by atoms with Crippen molar-refractivity contribution in [3.05, 3.63) is 18.2 Å². The van der Waals surface area contributed by atoms with Crippen LogP contribution >= 0.6 is 0 Å². The minimum absolute atomic E-state index is 0.122. The zero-order valence-corrected chi connectivity index (χ0v) is 12.2. The second kappa shape index (κ2) is 6.74. The van der Waals surface area contributed by atoms with Gasteiger partial charge in [-0.05, 0) is 18.6 Å². The maximum atomic E-state index is 12.2. The Kier molecular flexibility index (Phi) is 5.59. The van der Waals surface area contributed by atoms with Crippen LogP contribution in [0, 0.1) is 0 Å². The largest absolute Gasteiger partial charge is 0.493 e. The molecule has 108 valence electrons. The van der Waals surface area contributed by atoms with Crippen LogP contribution in [-0.2, 0) is 10.0 Å². The van der Waals surface area contributed by atoms with Crippen LogP contribution in [0.5, 0.6) is 11.5 Å². The van der Waals surface area contributed by atoms with E-state index >= 15 is 0 Å². The first-order chi connectivity index (χ1) is 8.98. The Morgan fingerprint density at radius 1 is 1.26 bits per heavy atom. The highest BCUT2D eigenvalue weighted by Crippen LogP contribution is 2.29. The number of hydrogen-bond donors (Lipinski definition) is 2. The summed E-state index contributed by atoms with van der Waals surface area (Å²) >= 11 is 0. The third-order valence-electron chi connectivity index (χ3n) is 2.76. The molecular formula is C12H20N2O4S. The van der Waals surface area contributed by atoms with Gasteiger partial charge in [0, 0.05) is 18.7 Å². The predicted molar refractivity (Wildman–Crippen MR) is 73.0 cm³/mol. The van der Waals surface area contributed by atoms with Gasteiger partial charge in [-0.15, -0.1) is 0 Å². The summed E-state index contributed by atoms with van der Waals surface area (Å²) in [5.41, 5.74) is 5.50. The molecule has 0 radical (unpaired) electrons. The van der Waals surface area contributed by atoms with Crippen molar-refractivity contribution in [1.29, 1.82) is 0 Å². The lowest BCUT2D eigenvalue weighted by atomic mass is 10.2. The van der Waals surface area contributed by atoms with Crippen LogP contribution in [0.4, 0.5) is 0 Å². The highest BCUT2D eigenvalue weighted by molar-refractivity contribution is 7.89. The molecule has 0 bridgehead atoms. The van der Waals surface area contributed by atoms with Crippen molar-refractivity contribution in [2.45, 2.75) is 24.3 Å². The number of ether oxygens (including phenoxy) is 2. The molecule has 3 N–H and O–H groups in total. The van der Waals surface area contributed by atoms with Gasteiger partial charge in [-0.2, -0.15) is 0 Å². The fourth-order valence-corrected chi connectivity index (χ4v) is 2.92. The quantitative estimate of drug-likeness (QED) is 0.771. The monoisotopic (exact) mass is 288 g/mol. The number of hydrogen-bond acceptors (Lipinski definition) is 5. The molecule has 1 aromatic rings. The zero-order valence-electron chi connectivity index (χ0n) is 11.3. The van der Waals surface area contributed by atoms with E-state index in [0.29, 0.717) is 17.9 Å². The van der Waals surface area contributed by atoms with Crippen LogP contribution in [0.3, 0.4) is 0 Å². The molecule has 0 fully saturated rings. The van der Waals surface area contributed by atoms with Gasteiger partial charge in [0.25, 0.3) is 0 Å². The molecule has 1 aromatic carbocycles. The van der Waals surface area contributed by atoms with E-state index in [1.807, 2.05) is 6.92 Å². The van der Waals surface area contributed by atoms with E-state index < -0.39 is 10.0 Å². The van der Waals surface area contributed by atoms with Crippen molar-refractivity contribution in [2.24, 2.45) is 5.73 Å². The molecular weight excluding hydrogens is 268 g/mol. The standard InChI is InChI=1S/C12H20N2O4S/c1-4-9(8-13)14-19(15,16)10-5-6-11(17-2)12(7-10)18-3/h5-7,9,14H,4,8,13H2,1-3H3. The smallest absolute Gasteiger partial charge is 0.241 e. The fraction of sp³-hybridized carbons (Fsp3) is 0.500. The first-order valence-corrected chi connectivity index (χ1v) is 7.41. The molecule has 0 saturated heterocycles. The molecule has 0 spiro atoms. The summed E-state index contributed by atoms with van der Waals surface area (Å²) in [6.45, 7) is 2.12. The number of rotatable bonds is 7. The van der Waals surface area contributed by atoms with Crippen LogP contribution < -0.4 is 19.9 Å². The Hall–Kier alpha value is -1.31. The van der Waals surface area contributed by atoms with Crippen LogP contribution in [0.15, 0.2) is 23.1 Å². The molecule has 6 nitrogen and oxygen atoms in total. The van der Waals surface area contributed by atoms with Crippen LogP contribution in [-0.4, -0.2) is 35.2 Å². The third kappa shape index (κ3) is 3.82. The van der Waals surface area contributed by atoms with Crippen molar-refractivity contribution >= 4 is 10.0 Å². The molecule has 0 amide bonds. The number of nitrogens with two attached hydrogens (primary N) is 1. The van der Waals surface area contributed by atoms with Gasteiger partial charge in [0.05, 0.1) is 19.1 Å². The number of benzene rings is 1. The average molecular weight is 288 g/mol. The Morgan fingerprint density at radius 2 is 1.89 bits per heavy atom. The van der Waals surface area contributed by atoms with Crippen LogP contribution in [0.2, 0.25) is 0 Å². The lowest BCUT2D eigenvalue weighted by Gasteiger charge is -2.16. The van der Waals surface area contributed by atoms with E-state index in [2.05, 4.69) is 4.72 Å². The van der Waals surface area contributed by atoms with E-state index in [4.69, 9.17) is 15.2 Å². The Bertz CT molecular complexity index is 512. The molecule has 0 aliphatic rings. The predicted octanol–water partition coefficient (Wildman–Crippen LogP) is 0.719. The third-order valence-corrected chi connectivity index (χ3v) is 4.28. The minimum Gasteiger partial charge on any atom is -0.493 e. The molecule has 0 aliphatic heterocycles. The van der Waals surface area contributed by atoms with Crippen LogP contribution in [0.25, 0.3) is 0 Å². The summed E-state index contributed by atoms with van der Waals surface area (Å²) in [4.78, 5) is 0.122. The molecule has 7 heteroatoms. The summed E-state index contributed by atoms with van der Waals surface area (Å²) in [5.74, 6) is 0.846. The Balaban J connectivity index is 3.08. The van der Waals surface area contributed by atoms with Gasteiger partial charge < -0.3 is 15.2 Å². The maximum Gasteiger partial charge on any atom is 0.241 e. The van der Waals surface area contributed by atoms with E-state index in [9.17, 15) is 8.42 Å². The summed E-state index contributed by atoms with van der Waals surface area (Å²) in [5, 5.41) is 0. The normalized spacial score (nSPS) is 13.1.